The number of aryl methyl sites for hydroxylation is 1. The number of aromatic nitrogens is 3. The van der Waals surface area contributed by atoms with Gasteiger partial charge in [0.05, 0.1) is 18.7 Å². The van der Waals surface area contributed by atoms with E-state index in [9.17, 15) is 0 Å². The van der Waals surface area contributed by atoms with Crippen LogP contribution in [0.5, 0.6) is 5.75 Å². The highest BCUT2D eigenvalue weighted by Gasteiger charge is 2.10. The molecule has 2 N–H and O–H groups in total. The molecule has 6 heteroatoms. The quantitative estimate of drug-likeness (QED) is 0.901. The van der Waals surface area contributed by atoms with Gasteiger partial charge in [0, 0.05) is 12.6 Å². The number of nitrogens with zero attached hydrogens (tertiary/aromatic N) is 3. The highest BCUT2D eigenvalue weighted by atomic mass is 35.5. The third kappa shape index (κ3) is 2.25. The van der Waals surface area contributed by atoms with Gasteiger partial charge >= 0.3 is 0 Å². The molecule has 1 heterocycles. The summed E-state index contributed by atoms with van der Waals surface area (Å²) in [4.78, 5) is 4.32. The van der Waals surface area contributed by atoms with Crippen LogP contribution in [-0.4, -0.2) is 21.9 Å². The molecule has 1 aromatic carbocycles. The molecule has 0 fully saturated rings. The first-order valence-corrected chi connectivity index (χ1v) is 5.47. The van der Waals surface area contributed by atoms with Gasteiger partial charge in [0.15, 0.2) is 5.82 Å². The maximum Gasteiger partial charge on any atom is 0.181 e. The van der Waals surface area contributed by atoms with Crippen LogP contribution in [-0.2, 0) is 13.6 Å². The summed E-state index contributed by atoms with van der Waals surface area (Å²) in [5.41, 5.74) is 6.39. The second-order valence-corrected chi connectivity index (χ2v) is 3.94. The molecule has 0 saturated heterocycles. The fraction of sp³-hybridized carbons (Fsp3) is 0.273. The second kappa shape index (κ2) is 4.73. The normalized spacial score (nSPS) is 10.6. The van der Waals surface area contributed by atoms with Gasteiger partial charge < -0.3 is 10.5 Å². The molecule has 0 aliphatic heterocycles. The molecule has 90 valence electrons. The summed E-state index contributed by atoms with van der Waals surface area (Å²) >= 11 is 6.05. The van der Waals surface area contributed by atoms with Crippen molar-refractivity contribution in [2.24, 2.45) is 12.8 Å². The van der Waals surface area contributed by atoms with Crippen molar-refractivity contribution in [2.45, 2.75) is 6.54 Å². The van der Waals surface area contributed by atoms with Crippen LogP contribution in [0.1, 0.15) is 5.82 Å². The Bertz CT molecular complexity index is 538. The Morgan fingerprint density at radius 3 is 2.76 bits per heavy atom. The van der Waals surface area contributed by atoms with Crippen molar-refractivity contribution in [1.82, 2.24) is 14.8 Å². The Morgan fingerprint density at radius 1 is 1.47 bits per heavy atom. The molecular weight excluding hydrogens is 240 g/mol. The zero-order chi connectivity index (χ0) is 12.4. The van der Waals surface area contributed by atoms with Crippen LogP contribution in [0.15, 0.2) is 18.2 Å². The molecule has 0 amide bonds. The van der Waals surface area contributed by atoms with Crippen LogP contribution >= 0.6 is 11.6 Å². The van der Waals surface area contributed by atoms with E-state index in [0.717, 1.165) is 11.4 Å². The average Bonchev–Trinajstić information content (AvgIpc) is 2.70. The van der Waals surface area contributed by atoms with Crippen molar-refractivity contribution in [1.29, 1.82) is 0 Å². The van der Waals surface area contributed by atoms with Crippen LogP contribution in [0.25, 0.3) is 11.4 Å². The third-order valence-electron chi connectivity index (χ3n) is 2.45. The number of hydrogen-bond acceptors (Lipinski definition) is 4. The minimum Gasteiger partial charge on any atom is -0.495 e. The Kier molecular flexibility index (Phi) is 3.31. The number of nitrogens with two attached hydrogens (primary N) is 1. The summed E-state index contributed by atoms with van der Waals surface area (Å²) in [7, 11) is 3.39. The minimum absolute atomic E-state index is 0.355. The van der Waals surface area contributed by atoms with Gasteiger partial charge in [-0.15, -0.1) is 0 Å². The summed E-state index contributed by atoms with van der Waals surface area (Å²) in [6.45, 7) is 0.355. The molecule has 0 spiro atoms. The SMILES string of the molecule is COc1ccc(-c2nc(CN)n(C)n2)cc1Cl. The van der Waals surface area contributed by atoms with Gasteiger partial charge in [0.1, 0.15) is 11.6 Å². The monoisotopic (exact) mass is 252 g/mol. The minimum atomic E-state index is 0.355. The van der Waals surface area contributed by atoms with Crippen LogP contribution in [0, 0.1) is 0 Å². The van der Waals surface area contributed by atoms with Gasteiger partial charge in [-0.1, -0.05) is 11.6 Å². The lowest BCUT2D eigenvalue weighted by molar-refractivity contribution is 0.415. The molecular formula is C11H13ClN4O. The summed E-state index contributed by atoms with van der Waals surface area (Å²) in [5, 5.41) is 4.81. The zero-order valence-corrected chi connectivity index (χ0v) is 10.4. The fourth-order valence-corrected chi connectivity index (χ4v) is 1.78. The highest BCUT2D eigenvalue weighted by Crippen LogP contribution is 2.28. The van der Waals surface area contributed by atoms with Gasteiger partial charge in [0.2, 0.25) is 0 Å². The summed E-state index contributed by atoms with van der Waals surface area (Å²) in [5.74, 6) is 1.97. The maximum absolute atomic E-state index is 6.05. The third-order valence-corrected chi connectivity index (χ3v) is 2.74. The van der Waals surface area contributed by atoms with Crippen molar-refractivity contribution < 1.29 is 4.74 Å². The molecule has 0 radical (unpaired) electrons. The molecule has 0 atom stereocenters. The van der Waals surface area contributed by atoms with E-state index in [4.69, 9.17) is 22.1 Å². The summed E-state index contributed by atoms with van der Waals surface area (Å²) in [6.07, 6.45) is 0. The van der Waals surface area contributed by atoms with E-state index in [-0.39, 0.29) is 0 Å². The van der Waals surface area contributed by atoms with Crippen molar-refractivity contribution in [3.8, 4) is 17.1 Å². The lowest BCUT2D eigenvalue weighted by Gasteiger charge is -2.03. The fourth-order valence-electron chi connectivity index (χ4n) is 1.52. The van der Waals surface area contributed by atoms with Crippen LogP contribution in [0.2, 0.25) is 5.02 Å². The molecule has 0 aliphatic carbocycles. The number of methoxy groups -OCH3 is 1. The topological polar surface area (TPSA) is 66.0 Å². The van der Waals surface area contributed by atoms with Gasteiger partial charge in [-0.25, -0.2) is 4.98 Å². The first-order valence-electron chi connectivity index (χ1n) is 5.09. The van der Waals surface area contributed by atoms with Crippen molar-refractivity contribution in [3.63, 3.8) is 0 Å². The number of benzene rings is 1. The Hall–Kier alpha value is -1.59. The van der Waals surface area contributed by atoms with Crippen molar-refractivity contribution >= 4 is 11.6 Å². The summed E-state index contributed by atoms with van der Waals surface area (Å²) < 4.78 is 6.75. The molecule has 1 aromatic heterocycles. The first kappa shape index (κ1) is 11.9. The van der Waals surface area contributed by atoms with Gasteiger partial charge in [-0.05, 0) is 18.2 Å². The lowest BCUT2D eigenvalue weighted by atomic mass is 10.2. The number of rotatable bonds is 3. The van der Waals surface area contributed by atoms with E-state index in [2.05, 4.69) is 10.1 Å². The van der Waals surface area contributed by atoms with Crippen LogP contribution < -0.4 is 10.5 Å². The van der Waals surface area contributed by atoms with E-state index in [1.807, 2.05) is 13.1 Å². The van der Waals surface area contributed by atoms with Gasteiger partial charge in [0.25, 0.3) is 0 Å². The molecule has 0 bridgehead atoms. The Balaban J connectivity index is 2.42. The second-order valence-electron chi connectivity index (χ2n) is 3.53. The zero-order valence-electron chi connectivity index (χ0n) is 9.64. The van der Waals surface area contributed by atoms with Gasteiger partial charge in [-0.2, -0.15) is 5.10 Å². The molecule has 0 aliphatic rings. The number of halogens is 1. The van der Waals surface area contributed by atoms with E-state index < -0.39 is 0 Å². The number of hydrogen-bond donors (Lipinski definition) is 1. The van der Waals surface area contributed by atoms with Crippen LogP contribution in [0.4, 0.5) is 0 Å². The van der Waals surface area contributed by atoms with E-state index >= 15 is 0 Å². The smallest absolute Gasteiger partial charge is 0.181 e. The molecule has 0 unspecified atom stereocenters. The molecule has 5 nitrogen and oxygen atoms in total. The predicted molar refractivity (Wildman–Crippen MR) is 65.9 cm³/mol. The van der Waals surface area contributed by atoms with Gasteiger partial charge in [-0.3, -0.25) is 4.68 Å². The number of ether oxygens (including phenoxy) is 1. The first-order chi connectivity index (χ1) is 8.15. The average molecular weight is 253 g/mol. The van der Waals surface area contributed by atoms with E-state index in [1.54, 1.807) is 23.9 Å². The largest absolute Gasteiger partial charge is 0.495 e. The van der Waals surface area contributed by atoms with Crippen molar-refractivity contribution in [3.05, 3.63) is 29.0 Å². The highest BCUT2D eigenvalue weighted by molar-refractivity contribution is 6.32. The molecule has 2 rings (SSSR count). The standard InChI is InChI=1S/C11H13ClN4O/c1-16-10(6-13)14-11(15-16)7-3-4-9(17-2)8(12)5-7/h3-5H,6,13H2,1-2H3. The van der Waals surface area contributed by atoms with Crippen LogP contribution in [0.3, 0.4) is 0 Å². The Morgan fingerprint density at radius 2 is 2.24 bits per heavy atom. The lowest BCUT2D eigenvalue weighted by Crippen LogP contribution is -2.05. The van der Waals surface area contributed by atoms with E-state index in [0.29, 0.717) is 23.1 Å². The van der Waals surface area contributed by atoms with Crippen molar-refractivity contribution in [2.75, 3.05) is 7.11 Å². The Labute approximate surface area is 104 Å². The summed E-state index contributed by atoms with van der Waals surface area (Å²) in [6, 6.07) is 5.42. The predicted octanol–water partition coefficient (Wildman–Crippen LogP) is 1.60. The molecule has 2 aromatic rings. The maximum atomic E-state index is 6.05. The van der Waals surface area contributed by atoms with E-state index in [1.165, 1.54) is 0 Å². The molecule has 0 saturated carbocycles. The molecule has 17 heavy (non-hydrogen) atoms.